The molecule has 10 heteroatoms. The average molecular weight is 380 g/mol. The monoisotopic (exact) mass is 380 g/mol. The lowest BCUT2D eigenvalue weighted by molar-refractivity contribution is -0.343. The Hall–Kier alpha value is -0.660. The number of rotatable bonds is 8. The molecule has 152 valence electrons. The van der Waals surface area contributed by atoms with Gasteiger partial charge in [-0.15, -0.1) is 6.58 Å². The zero-order valence-corrected chi connectivity index (χ0v) is 14.3. The number of hydrogen-bond donors (Lipinski definition) is 6. The minimum atomic E-state index is -1.61. The van der Waals surface area contributed by atoms with Crippen molar-refractivity contribution in [2.75, 3.05) is 19.8 Å². The Labute approximate surface area is 151 Å². The fourth-order valence-corrected chi connectivity index (χ4v) is 2.81. The van der Waals surface area contributed by atoms with E-state index in [-0.39, 0.29) is 6.61 Å². The van der Waals surface area contributed by atoms with Crippen LogP contribution in [0.25, 0.3) is 0 Å². The third-order valence-corrected chi connectivity index (χ3v) is 4.43. The Kier molecular flexibility index (Phi) is 8.36. The highest BCUT2D eigenvalue weighted by molar-refractivity contribution is 4.91. The maximum absolute atomic E-state index is 10.2. The van der Waals surface area contributed by atoms with Gasteiger partial charge < -0.3 is 49.6 Å². The second-order valence-electron chi connectivity index (χ2n) is 6.36. The summed E-state index contributed by atoms with van der Waals surface area (Å²) < 4.78 is 21.3. The van der Waals surface area contributed by atoms with E-state index >= 15 is 0 Å². The van der Waals surface area contributed by atoms with Crippen LogP contribution in [0.1, 0.15) is 12.8 Å². The largest absolute Gasteiger partial charge is 0.394 e. The fourth-order valence-electron chi connectivity index (χ4n) is 2.81. The lowest BCUT2D eigenvalue weighted by Gasteiger charge is -2.43. The first-order chi connectivity index (χ1) is 12.4. The molecule has 0 aromatic carbocycles. The molecular weight excluding hydrogens is 352 g/mol. The maximum atomic E-state index is 10.2. The highest BCUT2D eigenvalue weighted by Gasteiger charge is 2.47. The van der Waals surface area contributed by atoms with Crippen LogP contribution in [0.4, 0.5) is 0 Å². The molecule has 26 heavy (non-hydrogen) atoms. The lowest BCUT2D eigenvalue weighted by Crippen LogP contribution is -2.62. The van der Waals surface area contributed by atoms with Gasteiger partial charge in [0.15, 0.2) is 12.6 Å². The third-order valence-electron chi connectivity index (χ3n) is 4.43. The molecule has 0 radical (unpaired) electrons. The van der Waals surface area contributed by atoms with Gasteiger partial charge >= 0.3 is 0 Å². The first kappa shape index (κ1) is 21.6. The van der Waals surface area contributed by atoms with Crippen LogP contribution >= 0.6 is 0 Å². The first-order valence-corrected chi connectivity index (χ1v) is 8.57. The van der Waals surface area contributed by atoms with Crippen LogP contribution in [-0.2, 0) is 18.9 Å². The van der Waals surface area contributed by atoms with Crippen molar-refractivity contribution in [3.63, 3.8) is 0 Å². The molecule has 0 amide bonds. The van der Waals surface area contributed by atoms with Crippen LogP contribution in [0.3, 0.4) is 0 Å². The minimum Gasteiger partial charge on any atom is -0.394 e. The van der Waals surface area contributed by atoms with Crippen molar-refractivity contribution < 1.29 is 49.6 Å². The lowest BCUT2D eigenvalue weighted by atomic mass is 9.99. The second kappa shape index (κ2) is 10.0. The van der Waals surface area contributed by atoms with E-state index in [9.17, 15) is 25.5 Å². The van der Waals surface area contributed by atoms with Crippen LogP contribution in [0.2, 0.25) is 0 Å². The van der Waals surface area contributed by atoms with Crippen LogP contribution in [0, 0.1) is 0 Å². The number of aliphatic hydroxyl groups is 6. The van der Waals surface area contributed by atoms with Crippen molar-refractivity contribution in [2.24, 2.45) is 0 Å². The smallest absolute Gasteiger partial charge is 0.187 e. The number of allylic oxidation sites excluding steroid dienone is 1. The summed E-state index contributed by atoms with van der Waals surface area (Å²) in [6.07, 6.45) is -8.97. The molecule has 10 nitrogen and oxygen atoms in total. The zero-order valence-electron chi connectivity index (χ0n) is 14.3. The summed E-state index contributed by atoms with van der Waals surface area (Å²) in [5.74, 6) is 0. The number of aliphatic hydroxyl groups excluding tert-OH is 6. The Bertz CT molecular complexity index is 433. The molecule has 0 aromatic rings. The third kappa shape index (κ3) is 4.98. The van der Waals surface area contributed by atoms with Gasteiger partial charge in [0.2, 0.25) is 0 Å². The van der Waals surface area contributed by atoms with E-state index in [0.29, 0.717) is 13.0 Å². The number of hydrogen-bond acceptors (Lipinski definition) is 10. The van der Waals surface area contributed by atoms with Crippen LogP contribution < -0.4 is 0 Å². The number of ether oxygens (including phenoxy) is 4. The van der Waals surface area contributed by atoms with Gasteiger partial charge in [0.25, 0.3) is 0 Å². The molecule has 2 rings (SSSR count). The molecule has 0 spiro atoms. The van der Waals surface area contributed by atoms with Gasteiger partial charge in [0.05, 0.1) is 19.8 Å². The Balaban J connectivity index is 1.89. The van der Waals surface area contributed by atoms with Crippen molar-refractivity contribution in [1.29, 1.82) is 0 Å². The molecule has 9 atom stereocenters. The van der Waals surface area contributed by atoms with E-state index < -0.39 is 61.9 Å². The maximum Gasteiger partial charge on any atom is 0.187 e. The van der Waals surface area contributed by atoms with Crippen molar-refractivity contribution in [3.05, 3.63) is 12.7 Å². The van der Waals surface area contributed by atoms with E-state index in [0.717, 1.165) is 6.42 Å². The molecule has 2 aliphatic rings. The molecule has 0 saturated carbocycles. The summed E-state index contributed by atoms with van der Waals surface area (Å²) in [5, 5.41) is 59.0. The normalized spacial score (nSPS) is 44.0. The SMILES string of the molecule is C=CCCCO[C@H]1OC[C@@H](O[C@@H]2O[C@H](CO)[C@H](O)[C@H](O)[C@H]2O)[C@H](O)[C@H]1O. The molecule has 2 aliphatic heterocycles. The van der Waals surface area contributed by atoms with E-state index in [2.05, 4.69) is 6.58 Å². The highest BCUT2D eigenvalue weighted by atomic mass is 16.7. The molecule has 2 heterocycles. The van der Waals surface area contributed by atoms with Crippen molar-refractivity contribution in [3.8, 4) is 0 Å². The van der Waals surface area contributed by atoms with Crippen molar-refractivity contribution in [2.45, 2.75) is 68.1 Å². The van der Waals surface area contributed by atoms with Gasteiger partial charge in [0, 0.05) is 0 Å². The molecule has 6 N–H and O–H groups in total. The molecule has 0 aromatic heterocycles. The van der Waals surface area contributed by atoms with Gasteiger partial charge in [-0.2, -0.15) is 0 Å². The van der Waals surface area contributed by atoms with Gasteiger partial charge in [-0.25, -0.2) is 0 Å². The summed E-state index contributed by atoms with van der Waals surface area (Å²) in [5.41, 5.74) is 0. The topological polar surface area (TPSA) is 158 Å². The summed E-state index contributed by atoms with van der Waals surface area (Å²) in [7, 11) is 0. The first-order valence-electron chi connectivity index (χ1n) is 8.57. The zero-order chi connectivity index (χ0) is 19.3. The standard InChI is InChI=1S/C16H28O10/c1-2-3-4-5-23-15-13(21)11(19)9(7-24-15)26-16-14(22)12(20)10(18)8(6-17)25-16/h2,8-22H,1,3-7H2/t8-,9-,10+,11+,12+,13-,14-,15+,16+/m1/s1. The van der Waals surface area contributed by atoms with Crippen LogP contribution in [-0.4, -0.2) is 106 Å². The molecule has 0 unspecified atom stereocenters. The quantitative estimate of drug-likeness (QED) is 0.192. The number of unbranched alkanes of at least 4 members (excludes halogenated alkanes) is 1. The predicted molar refractivity (Wildman–Crippen MR) is 85.8 cm³/mol. The summed E-state index contributed by atoms with van der Waals surface area (Å²) >= 11 is 0. The van der Waals surface area contributed by atoms with Crippen molar-refractivity contribution >= 4 is 0 Å². The van der Waals surface area contributed by atoms with Crippen LogP contribution in [0.15, 0.2) is 12.7 Å². The van der Waals surface area contributed by atoms with Gasteiger partial charge in [-0.3, -0.25) is 0 Å². The summed E-state index contributed by atoms with van der Waals surface area (Å²) in [4.78, 5) is 0. The molecular formula is C16H28O10. The molecule has 0 aliphatic carbocycles. The molecule has 2 saturated heterocycles. The van der Waals surface area contributed by atoms with Crippen LogP contribution in [0.5, 0.6) is 0 Å². The predicted octanol–water partition coefficient (Wildman–Crippen LogP) is -2.77. The van der Waals surface area contributed by atoms with E-state index in [4.69, 9.17) is 24.1 Å². The average Bonchev–Trinajstić information content (AvgIpc) is 2.64. The second-order valence-corrected chi connectivity index (χ2v) is 6.36. The van der Waals surface area contributed by atoms with E-state index in [1.165, 1.54) is 0 Å². The Morgan fingerprint density at radius 3 is 2.31 bits per heavy atom. The fraction of sp³-hybridized carbons (Fsp3) is 0.875. The Morgan fingerprint density at radius 2 is 1.65 bits per heavy atom. The van der Waals surface area contributed by atoms with E-state index in [1.807, 2.05) is 0 Å². The summed E-state index contributed by atoms with van der Waals surface area (Å²) in [6, 6.07) is 0. The minimum absolute atomic E-state index is 0.153. The van der Waals surface area contributed by atoms with Gasteiger partial charge in [-0.05, 0) is 12.8 Å². The van der Waals surface area contributed by atoms with Gasteiger partial charge in [0.1, 0.15) is 42.7 Å². The molecule has 0 bridgehead atoms. The van der Waals surface area contributed by atoms with Gasteiger partial charge in [-0.1, -0.05) is 6.08 Å². The van der Waals surface area contributed by atoms with Crippen molar-refractivity contribution in [1.82, 2.24) is 0 Å². The molecule has 2 fully saturated rings. The summed E-state index contributed by atoms with van der Waals surface area (Å²) in [6.45, 7) is 3.16. The van der Waals surface area contributed by atoms with E-state index in [1.54, 1.807) is 6.08 Å². The highest BCUT2D eigenvalue weighted by Crippen LogP contribution is 2.26. The Morgan fingerprint density at radius 1 is 0.962 bits per heavy atom.